The van der Waals surface area contributed by atoms with Gasteiger partial charge in [-0.2, -0.15) is 0 Å². The summed E-state index contributed by atoms with van der Waals surface area (Å²) in [5.41, 5.74) is 0. The van der Waals surface area contributed by atoms with Crippen LogP contribution in [0.15, 0.2) is 36.5 Å². The van der Waals surface area contributed by atoms with Gasteiger partial charge in [0.15, 0.2) is 5.78 Å². The van der Waals surface area contributed by atoms with Crippen molar-refractivity contribution in [2.75, 3.05) is 13.2 Å². The predicted molar refractivity (Wildman–Crippen MR) is 191 cm³/mol. The van der Waals surface area contributed by atoms with Crippen molar-refractivity contribution in [3.63, 3.8) is 0 Å². The largest absolute Gasteiger partial charge is 0.463 e. The minimum absolute atomic E-state index is 0.0742. The lowest BCUT2D eigenvalue weighted by Crippen LogP contribution is -2.25. The lowest BCUT2D eigenvalue weighted by Gasteiger charge is -2.13. The third-order valence-electron chi connectivity index (χ3n) is 8.88. The number of hydrogen-bond donors (Lipinski definition) is 2. The number of carbonyl (C=O) groups excluding carboxylic acids is 3. The molecular formula is C40H68O7. The Hall–Kier alpha value is -2.25. The van der Waals surface area contributed by atoms with Crippen LogP contribution in [0.1, 0.15) is 162 Å². The van der Waals surface area contributed by atoms with Crippen molar-refractivity contribution in [1.29, 1.82) is 0 Å². The van der Waals surface area contributed by atoms with Gasteiger partial charge < -0.3 is 19.7 Å². The summed E-state index contributed by atoms with van der Waals surface area (Å²) in [6.07, 6.45) is 33.9. The molecule has 7 heteroatoms. The fraction of sp³-hybridized carbons (Fsp3) is 0.775. The van der Waals surface area contributed by atoms with Gasteiger partial charge in [-0.25, -0.2) is 0 Å². The summed E-state index contributed by atoms with van der Waals surface area (Å²) in [6.45, 7) is 4.03. The van der Waals surface area contributed by atoms with Crippen LogP contribution >= 0.6 is 0 Å². The fourth-order valence-electron chi connectivity index (χ4n) is 5.84. The van der Waals surface area contributed by atoms with Crippen LogP contribution in [0.25, 0.3) is 0 Å². The molecule has 0 spiro atoms. The van der Waals surface area contributed by atoms with Crippen molar-refractivity contribution in [1.82, 2.24) is 0 Å². The van der Waals surface area contributed by atoms with E-state index in [-0.39, 0.29) is 43.2 Å². The molecule has 0 unspecified atom stereocenters. The van der Waals surface area contributed by atoms with Crippen molar-refractivity contribution in [2.24, 2.45) is 11.8 Å². The lowest BCUT2D eigenvalue weighted by molar-refractivity contribution is -0.152. The highest BCUT2D eigenvalue weighted by Crippen LogP contribution is 2.27. The van der Waals surface area contributed by atoms with Crippen molar-refractivity contribution in [3.05, 3.63) is 36.5 Å². The molecule has 2 N–H and O–H groups in total. The van der Waals surface area contributed by atoms with Crippen molar-refractivity contribution in [3.8, 4) is 0 Å². The van der Waals surface area contributed by atoms with Gasteiger partial charge in [0.25, 0.3) is 0 Å². The number of allylic oxidation sites excluding steroid dienone is 5. The second-order valence-electron chi connectivity index (χ2n) is 13.4. The second kappa shape index (κ2) is 29.9. The Morgan fingerprint density at radius 3 is 1.81 bits per heavy atom. The first kappa shape index (κ1) is 42.8. The summed E-state index contributed by atoms with van der Waals surface area (Å²) < 4.78 is 10.3. The Balaban J connectivity index is 2.01. The normalized spacial score (nSPS) is 17.6. The number of aliphatic hydroxyl groups excluding tert-OH is 2. The zero-order chi connectivity index (χ0) is 34.4. The predicted octanol–water partition coefficient (Wildman–Crippen LogP) is 9.29. The molecule has 0 aromatic carbocycles. The van der Waals surface area contributed by atoms with E-state index in [1.54, 1.807) is 12.2 Å². The molecule has 1 rings (SSSR count). The number of aliphatic hydroxyl groups is 2. The Morgan fingerprint density at radius 2 is 1.23 bits per heavy atom. The number of hydrogen-bond acceptors (Lipinski definition) is 7. The maximum Gasteiger partial charge on any atom is 0.305 e. The third kappa shape index (κ3) is 24.5. The Labute approximate surface area is 286 Å². The topological polar surface area (TPSA) is 110 Å². The second-order valence-corrected chi connectivity index (χ2v) is 13.4. The van der Waals surface area contributed by atoms with Crippen LogP contribution in [0.2, 0.25) is 0 Å². The molecule has 4 atom stereocenters. The van der Waals surface area contributed by atoms with Crippen molar-refractivity contribution < 1.29 is 34.1 Å². The van der Waals surface area contributed by atoms with Crippen LogP contribution < -0.4 is 0 Å². The molecule has 7 nitrogen and oxygen atoms in total. The van der Waals surface area contributed by atoms with Crippen LogP contribution in [0.4, 0.5) is 0 Å². The summed E-state index contributed by atoms with van der Waals surface area (Å²) in [6, 6.07) is 0. The summed E-state index contributed by atoms with van der Waals surface area (Å²) in [7, 11) is 0. The van der Waals surface area contributed by atoms with Crippen molar-refractivity contribution >= 4 is 17.7 Å². The molecule has 0 heterocycles. The van der Waals surface area contributed by atoms with E-state index in [1.165, 1.54) is 70.6 Å². The fourth-order valence-corrected chi connectivity index (χ4v) is 5.84. The number of rotatable bonds is 31. The SMILES string of the molecule is CCCCCCCCCCCCCCCCC(=O)OC[C@H](O)COC(=O)CCC/C=C\C[C@H]1C=CC(=O)[C@@H]1/C=C/[C@@H](O)CCCCC. The van der Waals surface area contributed by atoms with Gasteiger partial charge in [0.05, 0.1) is 6.10 Å². The van der Waals surface area contributed by atoms with Gasteiger partial charge >= 0.3 is 11.9 Å². The number of unbranched alkanes of at least 4 members (excludes halogenated alkanes) is 16. The van der Waals surface area contributed by atoms with Gasteiger partial charge in [0.2, 0.25) is 0 Å². The standard InChI is InChI=1S/C40H68O7/c1-3-5-7-8-9-10-11-12-13-14-15-16-17-22-26-39(44)46-32-36(42)33-47-40(45)27-23-19-18-21-24-34-28-31-38(43)37(34)30-29-35(41)25-20-6-4-2/h18,21,28-31,34-37,41-42H,3-17,19-20,22-27,32-33H2,1-2H3/b21-18-,30-29+/t34-,35-,36-,37+/m0/s1. The summed E-state index contributed by atoms with van der Waals surface area (Å²) in [5, 5.41) is 20.2. The molecular weight excluding hydrogens is 592 g/mol. The van der Waals surface area contributed by atoms with Gasteiger partial charge in [0, 0.05) is 18.8 Å². The highest BCUT2D eigenvalue weighted by atomic mass is 16.6. The molecule has 270 valence electrons. The Kier molecular flexibility index (Phi) is 27.2. The van der Waals surface area contributed by atoms with E-state index < -0.39 is 18.2 Å². The van der Waals surface area contributed by atoms with Gasteiger partial charge in [-0.15, -0.1) is 0 Å². The van der Waals surface area contributed by atoms with E-state index in [1.807, 2.05) is 24.3 Å². The third-order valence-corrected chi connectivity index (χ3v) is 8.88. The molecule has 1 aliphatic carbocycles. The van der Waals surface area contributed by atoms with Crippen LogP contribution in [0.3, 0.4) is 0 Å². The minimum atomic E-state index is -1.03. The molecule has 0 aromatic rings. The zero-order valence-corrected chi connectivity index (χ0v) is 29.9. The van der Waals surface area contributed by atoms with Gasteiger partial charge in [0.1, 0.15) is 19.3 Å². The maximum atomic E-state index is 12.2. The molecule has 0 bridgehead atoms. The molecule has 0 saturated heterocycles. The Bertz CT molecular complexity index is 893. The van der Waals surface area contributed by atoms with E-state index in [0.29, 0.717) is 19.3 Å². The molecule has 0 radical (unpaired) electrons. The van der Waals surface area contributed by atoms with Crippen LogP contribution in [-0.4, -0.2) is 53.4 Å². The van der Waals surface area contributed by atoms with E-state index in [0.717, 1.165) is 51.4 Å². The molecule has 0 saturated carbocycles. The van der Waals surface area contributed by atoms with Crippen molar-refractivity contribution in [2.45, 2.75) is 174 Å². The van der Waals surface area contributed by atoms with Crippen LogP contribution in [-0.2, 0) is 23.9 Å². The van der Waals surface area contributed by atoms with E-state index in [4.69, 9.17) is 9.47 Å². The van der Waals surface area contributed by atoms with Crippen LogP contribution in [0.5, 0.6) is 0 Å². The van der Waals surface area contributed by atoms with Crippen LogP contribution in [0, 0.1) is 11.8 Å². The first-order chi connectivity index (χ1) is 22.9. The van der Waals surface area contributed by atoms with E-state index >= 15 is 0 Å². The monoisotopic (exact) mass is 660 g/mol. The number of ketones is 1. The molecule has 0 amide bonds. The average molecular weight is 661 g/mol. The first-order valence-corrected chi connectivity index (χ1v) is 19.1. The molecule has 47 heavy (non-hydrogen) atoms. The summed E-state index contributed by atoms with van der Waals surface area (Å²) >= 11 is 0. The van der Waals surface area contributed by atoms with Gasteiger partial charge in [-0.1, -0.05) is 147 Å². The lowest BCUT2D eigenvalue weighted by atomic mass is 9.90. The first-order valence-electron chi connectivity index (χ1n) is 19.1. The number of carbonyl (C=O) groups is 3. The molecule has 0 fully saturated rings. The van der Waals surface area contributed by atoms with E-state index in [2.05, 4.69) is 13.8 Å². The molecule has 1 aliphatic rings. The van der Waals surface area contributed by atoms with Gasteiger partial charge in [-0.05, 0) is 44.1 Å². The zero-order valence-electron chi connectivity index (χ0n) is 29.9. The highest BCUT2D eigenvalue weighted by molar-refractivity contribution is 5.95. The maximum absolute atomic E-state index is 12.2. The smallest absolute Gasteiger partial charge is 0.305 e. The van der Waals surface area contributed by atoms with Gasteiger partial charge in [-0.3, -0.25) is 14.4 Å². The average Bonchev–Trinajstić information content (AvgIpc) is 3.42. The quantitative estimate of drug-likeness (QED) is 0.0433. The minimum Gasteiger partial charge on any atom is -0.463 e. The number of esters is 2. The Morgan fingerprint density at radius 1 is 0.723 bits per heavy atom. The van der Waals surface area contributed by atoms with E-state index in [9.17, 15) is 24.6 Å². The molecule has 0 aromatic heterocycles. The summed E-state index contributed by atoms with van der Waals surface area (Å²) in [4.78, 5) is 36.3. The summed E-state index contributed by atoms with van der Waals surface area (Å²) in [5.74, 6) is -0.785. The number of ether oxygens (including phenoxy) is 2. The molecule has 0 aliphatic heterocycles. The highest BCUT2D eigenvalue weighted by Gasteiger charge is 2.26.